The molecule has 2 aliphatic carbocycles. The molecular formula is C22H35N3O8S. The molecular weight excluding hydrogens is 466 g/mol. The highest BCUT2D eigenvalue weighted by atomic mass is 32.2. The number of aliphatic hydroxyl groups is 1. The van der Waals surface area contributed by atoms with Crippen LogP contribution in [0.4, 0.5) is 4.79 Å². The van der Waals surface area contributed by atoms with Crippen LogP contribution in [0.1, 0.15) is 46.0 Å². The number of fused-ring (bicyclic) bond motifs is 2. The van der Waals surface area contributed by atoms with E-state index in [2.05, 4.69) is 28.1 Å². The van der Waals surface area contributed by atoms with Crippen molar-refractivity contribution in [3.05, 3.63) is 12.2 Å². The summed E-state index contributed by atoms with van der Waals surface area (Å²) in [7, 11) is -4.91. The Bertz CT molecular complexity index is 906. The highest BCUT2D eigenvalue weighted by Crippen LogP contribution is 2.43. The summed E-state index contributed by atoms with van der Waals surface area (Å²) in [5.74, 6) is -0.490. The summed E-state index contributed by atoms with van der Waals surface area (Å²) in [6, 6.07) is -2.49. The zero-order valence-electron chi connectivity index (χ0n) is 19.5. The standard InChI is InChI=1S/C22H35N3O8S/c1-12(2)7-17(25-22(29)33-11-16-9-13-3-4-14(16)8-13)20(27)24-18(21(28)34(30,31)32)10-15-5-6-23-19(15)26/h3-4,12-18,21,28H,5-11H2,1-2H3,(H,23,26)(H,24,27)(H,25,29)(H,30,31,32)/t13-,14+,15-,16+,17-,18-,21+/m0/s1. The lowest BCUT2D eigenvalue weighted by Gasteiger charge is -2.27. The number of rotatable bonds is 11. The van der Waals surface area contributed by atoms with E-state index in [-0.39, 0.29) is 37.2 Å². The maximum absolute atomic E-state index is 13.0. The molecule has 1 heterocycles. The lowest BCUT2D eigenvalue weighted by atomic mass is 9.95. The highest BCUT2D eigenvalue weighted by Gasteiger charge is 2.39. The molecule has 5 N–H and O–H groups in total. The Hall–Kier alpha value is -2.18. The predicted molar refractivity (Wildman–Crippen MR) is 122 cm³/mol. The molecule has 2 bridgehead atoms. The number of nitrogens with one attached hydrogen (secondary N) is 3. The second-order valence-electron chi connectivity index (χ2n) is 10.00. The van der Waals surface area contributed by atoms with Crippen LogP contribution >= 0.6 is 0 Å². The Labute approximate surface area is 199 Å². The maximum Gasteiger partial charge on any atom is 0.407 e. The molecule has 12 heteroatoms. The summed E-state index contributed by atoms with van der Waals surface area (Å²) in [6.07, 6.45) is 6.08. The van der Waals surface area contributed by atoms with E-state index in [1.807, 2.05) is 13.8 Å². The molecule has 0 aromatic rings. The van der Waals surface area contributed by atoms with Gasteiger partial charge >= 0.3 is 6.09 Å². The van der Waals surface area contributed by atoms with E-state index >= 15 is 0 Å². The first-order chi connectivity index (χ1) is 15.9. The van der Waals surface area contributed by atoms with E-state index in [9.17, 15) is 32.5 Å². The average Bonchev–Trinajstić information content (AvgIpc) is 3.47. The Morgan fingerprint density at radius 3 is 2.50 bits per heavy atom. The number of ether oxygens (including phenoxy) is 1. The van der Waals surface area contributed by atoms with Gasteiger partial charge in [-0.25, -0.2) is 4.79 Å². The van der Waals surface area contributed by atoms with Gasteiger partial charge in [-0.15, -0.1) is 0 Å². The van der Waals surface area contributed by atoms with Crippen molar-refractivity contribution in [2.24, 2.45) is 29.6 Å². The molecule has 34 heavy (non-hydrogen) atoms. The summed E-state index contributed by atoms with van der Waals surface area (Å²) in [5.41, 5.74) is -2.32. The van der Waals surface area contributed by atoms with Crippen LogP contribution in [0.25, 0.3) is 0 Å². The van der Waals surface area contributed by atoms with E-state index in [1.165, 1.54) is 0 Å². The zero-order chi connectivity index (χ0) is 25.0. The average molecular weight is 502 g/mol. The van der Waals surface area contributed by atoms with Crippen molar-refractivity contribution < 1.29 is 37.2 Å². The smallest absolute Gasteiger partial charge is 0.407 e. The number of allylic oxidation sites excluding steroid dienone is 2. The zero-order valence-corrected chi connectivity index (χ0v) is 20.3. The quantitative estimate of drug-likeness (QED) is 0.202. The van der Waals surface area contributed by atoms with Crippen molar-refractivity contribution >= 4 is 28.0 Å². The van der Waals surface area contributed by atoms with Crippen molar-refractivity contribution in [3.8, 4) is 0 Å². The van der Waals surface area contributed by atoms with Gasteiger partial charge in [-0.1, -0.05) is 26.0 Å². The lowest BCUT2D eigenvalue weighted by Crippen LogP contribution is -2.55. The molecule has 1 saturated heterocycles. The Morgan fingerprint density at radius 2 is 1.97 bits per heavy atom. The molecule has 1 aliphatic heterocycles. The fourth-order valence-electron chi connectivity index (χ4n) is 5.07. The second kappa shape index (κ2) is 11.0. The van der Waals surface area contributed by atoms with E-state index in [0.717, 1.165) is 12.8 Å². The molecule has 3 aliphatic rings. The maximum atomic E-state index is 13.0. The molecule has 0 aromatic carbocycles. The van der Waals surface area contributed by atoms with Gasteiger partial charge in [0.2, 0.25) is 17.3 Å². The molecule has 0 spiro atoms. The molecule has 3 rings (SSSR count). The van der Waals surface area contributed by atoms with Crippen LogP contribution in [-0.4, -0.2) is 66.7 Å². The molecule has 1 saturated carbocycles. The lowest BCUT2D eigenvalue weighted by molar-refractivity contribution is -0.126. The molecule has 0 aromatic heterocycles. The van der Waals surface area contributed by atoms with Crippen molar-refractivity contribution in [3.63, 3.8) is 0 Å². The van der Waals surface area contributed by atoms with Crippen molar-refractivity contribution in [1.29, 1.82) is 0 Å². The highest BCUT2D eigenvalue weighted by molar-refractivity contribution is 7.86. The monoisotopic (exact) mass is 501 g/mol. The molecule has 0 unspecified atom stereocenters. The first kappa shape index (κ1) is 26.4. The number of aliphatic hydroxyl groups excluding tert-OH is 1. The number of alkyl carbamates (subject to hydrolysis) is 1. The minimum atomic E-state index is -4.91. The number of hydrogen-bond acceptors (Lipinski definition) is 7. The minimum Gasteiger partial charge on any atom is -0.449 e. The molecule has 192 valence electrons. The van der Waals surface area contributed by atoms with Gasteiger partial charge in [0.05, 0.1) is 12.6 Å². The number of hydrogen-bond donors (Lipinski definition) is 5. The van der Waals surface area contributed by atoms with E-state index in [0.29, 0.717) is 24.8 Å². The Morgan fingerprint density at radius 1 is 1.24 bits per heavy atom. The first-order valence-electron chi connectivity index (χ1n) is 11.8. The largest absolute Gasteiger partial charge is 0.449 e. The number of carbonyl (C=O) groups is 3. The third-order valence-corrected chi connectivity index (χ3v) is 7.78. The fraction of sp³-hybridized carbons (Fsp3) is 0.773. The molecule has 3 amide bonds. The summed E-state index contributed by atoms with van der Waals surface area (Å²) in [4.78, 5) is 37.4. The van der Waals surface area contributed by atoms with Gasteiger partial charge in [-0.05, 0) is 49.9 Å². The van der Waals surface area contributed by atoms with Crippen molar-refractivity contribution in [1.82, 2.24) is 16.0 Å². The van der Waals surface area contributed by atoms with E-state index in [1.54, 1.807) is 0 Å². The summed E-state index contributed by atoms with van der Waals surface area (Å²) in [6.45, 7) is 4.34. The van der Waals surface area contributed by atoms with Gasteiger partial charge in [0.15, 0.2) is 0 Å². The van der Waals surface area contributed by atoms with Crippen LogP contribution in [0.3, 0.4) is 0 Å². The summed E-state index contributed by atoms with van der Waals surface area (Å²) < 4.78 is 37.8. The first-order valence-corrected chi connectivity index (χ1v) is 13.3. The Kier molecular flexibility index (Phi) is 8.58. The predicted octanol–water partition coefficient (Wildman–Crippen LogP) is 0.557. The molecule has 7 atom stereocenters. The van der Waals surface area contributed by atoms with Gasteiger partial charge in [0.25, 0.3) is 10.1 Å². The summed E-state index contributed by atoms with van der Waals surface area (Å²) in [5, 5.41) is 17.7. The SMILES string of the molecule is CC(C)C[C@H](NC(=O)OC[C@H]1C[C@H]2C=C[C@@H]1C2)C(=O)N[C@@H](C[C@@H]1CCNC1=O)[C@H](O)S(=O)(=O)O. The van der Waals surface area contributed by atoms with Gasteiger partial charge in [-0.2, -0.15) is 8.42 Å². The van der Waals surface area contributed by atoms with Crippen molar-refractivity contribution in [2.45, 2.75) is 63.5 Å². The van der Waals surface area contributed by atoms with Gasteiger partial charge in [0.1, 0.15) is 6.04 Å². The molecule has 11 nitrogen and oxygen atoms in total. The topological polar surface area (TPSA) is 171 Å². The third kappa shape index (κ3) is 6.92. The normalized spacial score (nSPS) is 28.4. The van der Waals surface area contributed by atoms with E-state index in [4.69, 9.17) is 4.74 Å². The number of carbonyl (C=O) groups excluding carboxylic acids is 3. The molecule has 2 fully saturated rings. The second-order valence-corrected chi connectivity index (χ2v) is 11.5. The van der Waals surface area contributed by atoms with Gasteiger partial charge in [-0.3, -0.25) is 14.1 Å². The van der Waals surface area contributed by atoms with E-state index < -0.39 is 45.6 Å². The third-order valence-electron chi connectivity index (χ3n) is 6.84. The van der Waals surface area contributed by atoms with Gasteiger partial charge < -0.3 is 25.8 Å². The van der Waals surface area contributed by atoms with Gasteiger partial charge in [0, 0.05) is 18.4 Å². The number of amides is 3. The van der Waals surface area contributed by atoms with Crippen LogP contribution in [0, 0.1) is 29.6 Å². The van der Waals surface area contributed by atoms with Crippen LogP contribution in [-0.2, 0) is 24.4 Å². The molecule has 0 radical (unpaired) electrons. The Balaban J connectivity index is 1.61. The van der Waals surface area contributed by atoms with Crippen LogP contribution in [0.5, 0.6) is 0 Å². The van der Waals surface area contributed by atoms with Crippen molar-refractivity contribution in [2.75, 3.05) is 13.2 Å². The summed E-state index contributed by atoms with van der Waals surface area (Å²) >= 11 is 0. The van der Waals surface area contributed by atoms with Crippen LogP contribution < -0.4 is 16.0 Å². The van der Waals surface area contributed by atoms with Crippen LogP contribution in [0.2, 0.25) is 0 Å². The minimum absolute atomic E-state index is 0.00249. The van der Waals surface area contributed by atoms with Crippen LogP contribution in [0.15, 0.2) is 12.2 Å². The fourth-order valence-corrected chi connectivity index (χ4v) is 5.66.